The fourth-order valence-electron chi connectivity index (χ4n) is 2.57. The average Bonchev–Trinajstić information content (AvgIpc) is 2.81. The number of hydrogen-bond acceptors (Lipinski definition) is 3. The van der Waals surface area contributed by atoms with Gasteiger partial charge >= 0.3 is 0 Å². The third-order valence-electron chi connectivity index (χ3n) is 3.77. The molecule has 1 aliphatic carbocycles. The molecule has 0 aromatic carbocycles. The van der Waals surface area contributed by atoms with Crippen molar-refractivity contribution >= 4 is 10.0 Å². The van der Waals surface area contributed by atoms with Crippen LogP contribution in [-0.4, -0.2) is 24.7 Å². The smallest absolute Gasteiger partial charge is 0.243 e. The molecule has 0 radical (unpaired) electrons. The standard InChI is InChI=1S/C14H23N3O2S/c1-3-17-12(2)14(11-15-17)20(18,19)16-10-9-13-7-5-4-6-8-13/h7,11,16H,3-6,8-10H2,1-2H3. The minimum absolute atomic E-state index is 0.289. The van der Waals surface area contributed by atoms with Gasteiger partial charge in [-0.1, -0.05) is 11.6 Å². The van der Waals surface area contributed by atoms with Gasteiger partial charge in [0.05, 0.1) is 11.9 Å². The first-order valence-corrected chi connectivity index (χ1v) is 8.73. The number of aromatic nitrogens is 2. The van der Waals surface area contributed by atoms with Gasteiger partial charge in [0.1, 0.15) is 4.90 Å². The molecule has 0 saturated heterocycles. The second-order valence-electron chi connectivity index (χ2n) is 5.17. The molecule has 0 saturated carbocycles. The predicted molar refractivity (Wildman–Crippen MR) is 79.0 cm³/mol. The van der Waals surface area contributed by atoms with Crippen molar-refractivity contribution in [2.75, 3.05) is 6.54 Å². The maximum Gasteiger partial charge on any atom is 0.243 e. The Kier molecular flexibility index (Phi) is 4.99. The lowest BCUT2D eigenvalue weighted by atomic mass is 9.97. The van der Waals surface area contributed by atoms with Crippen molar-refractivity contribution in [1.29, 1.82) is 0 Å². The first kappa shape index (κ1) is 15.3. The Balaban J connectivity index is 1.96. The van der Waals surface area contributed by atoms with Crippen molar-refractivity contribution in [3.8, 4) is 0 Å². The zero-order valence-corrected chi connectivity index (χ0v) is 13.0. The van der Waals surface area contributed by atoms with E-state index >= 15 is 0 Å². The van der Waals surface area contributed by atoms with Gasteiger partial charge in [-0.3, -0.25) is 4.68 Å². The maximum absolute atomic E-state index is 12.2. The Hall–Kier alpha value is -1.14. The van der Waals surface area contributed by atoms with E-state index in [9.17, 15) is 8.42 Å². The maximum atomic E-state index is 12.2. The molecular formula is C14H23N3O2S. The van der Waals surface area contributed by atoms with Crippen molar-refractivity contribution in [3.63, 3.8) is 0 Å². The zero-order valence-electron chi connectivity index (χ0n) is 12.2. The minimum atomic E-state index is -3.44. The molecule has 0 spiro atoms. The highest BCUT2D eigenvalue weighted by molar-refractivity contribution is 7.89. The van der Waals surface area contributed by atoms with Crippen LogP contribution in [0.5, 0.6) is 0 Å². The van der Waals surface area contributed by atoms with E-state index in [1.165, 1.54) is 24.6 Å². The van der Waals surface area contributed by atoms with E-state index in [1.54, 1.807) is 11.6 Å². The van der Waals surface area contributed by atoms with E-state index in [2.05, 4.69) is 15.9 Å². The average molecular weight is 297 g/mol. The lowest BCUT2D eigenvalue weighted by Crippen LogP contribution is -2.25. The molecule has 1 heterocycles. The molecule has 1 aliphatic rings. The highest BCUT2D eigenvalue weighted by Crippen LogP contribution is 2.20. The fraction of sp³-hybridized carbons (Fsp3) is 0.643. The van der Waals surface area contributed by atoms with Crippen LogP contribution < -0.4 is 4.72 Å². The van der Waals surface area contributed by atoms with E-state index in [0.717, 1.165) is 19.3 Å². The zero-order chi connectivity index (χ0) is 14.6. The molecule has 0 unspecified atom stereocenters. The number of sulfonamides is 1. The minimum Gasteiger partial charge on any atom is -0.269 e. The molecule has 6 heteroatoms. The molecule has 1 N–H and O–H groups in total. The second-order valence-corrected chi connectivity index (χ2v) is 6.90. The van der Waals surface area contributed by atoms with E-state index in [4.69, 9.17) is 0 Å². The fourth-order valence-corrected chi connectivity index (χ4v) is 3.77. The Morgan fingerprint density at radius 1 is 1.40 bits per heavy atom. The van der Waals surface area contributed by atoms with Crippen LogP contribution in [0.3, 0.4) is 0 Å². The highest BCUT2D eigenvalue weighted by atomic mass is 32.2. The lowest BCUT2D eigenvalue weighted by Gasteiger charge is -2.13. The van der Waals surface area contributed by atoms with Crippen LogP contribution in [0.1, 0.15) is 44.7 Å². The van der Waals surface area contributed by atoms with Crippen LogP contribution in [-0.2, 0) is 16.6 Å². The number of nitrogens with zero attached hydrogens (tertiary/aromatic N) is 2. The summed E-state index contributed by atoms with van der Waals surface area (Å²) in [4.78, 5) is 0.289. The molecule has 0 amide bonds. The molecule has 20 heavy (non-hydrogen) atoms. The Morgan fingerprint density at radius 3 is 2.80 bits per heavy atom. The molecule has 0 atom stereocenters. The summed E-state index contributed by atoms with van der Waals surface area (Å²) in [5.41, 5.74) is 2.07. The summed E-state index contributed by atoms with van der Waals surface area (Å²) in [5, 5.41) is 4.08. The molecule has 1 aromatic rings. The van der Waals surface area contributed by atoms with Crippen molar-refractivity contribution in [2.24, 2.45) is 0 Å². The van der Waals surface area contributed by atoms with Gasteiger partial charge in [-0.15, -0.1) is 0 Å². The molecule has 0 fully saturated rings. The van der Waals surface area contributed by atoms with Crippen molar-refractivity contribution < 1.29 is 8.42 Å². The Bertz CT molecular complexity index is 588. The SMILES string of the molecule is CCn1ncc(S(=O)(=O)NCCC2=CCCCC2)c1C. The molecule has 112 valence electrons. The first-order chi connectivity index (χ1) is 9.54. The van der Waals surface area contributed by atoms with Crippen LogP contribution >= 0.6 is 0 Å². The molecule has 0 bridgehead atoms. The molecule has 1 aromatic heterocycles. The second kappa shape index (κ2) is 6.54. The summed E-state index contributed by atoms with van der Waals surface area (Å²) >= 11 is 0. The quantitative estimate of drug-likeness (QED) is 0.820. The van der Waals surface area contributed by atoms with Crippen molar-refractivity contribution in [3.05, 3.63) is 23.5 Å². The van der Waals surface area contributed by atoms with Crippen molar-refractivity contribution in [1.82, 2.24) is 14.5 Å². The van der Waals surface area contributed by atoms with Crippen LogP contribution in [0, 0.1) is 6.92 Å². The van der Waals surface area contributed by atoms with E-state index in [-0.39, 0.29) is 4.90 Å². The Morgan fingerprint density at radius 2 is 2.20 bits per heavy atom. The summed E-state index contributed by atoms with van der Waals surface area (Å²) in [6.07, 6.45) is 9.20. The van der Waals surface area contributed by atoms with Crippen LogP contribution in [0.4, 0.5) is 0 Å². The summed E-state index contributed by atoms with van der Waals surface area (Å²) in [7, 11) is -3.44. The van der Waals surface area contributed by atoms with E-state index in [0.29, 0.717) is 18.8 Å². The highest BCUT2D eigenvalue weighted by Gasteiger charge is 2.20. The third-order valence-corrected chi connectivity index (χ3v) is 5.33. The summed E-state index contributed by atoms with van der Waals surface area (Å²) in [6, 6.07) is 0. The summed E-state index contributed by atoms with van der Waals surface area (Å²) in [6.45, 7) is 4.87. The molecule has 5 nitrogen and oxygen atoms in total. The Labute approximate surface area is 121 Å². The van der Waals surface area contributed by atoms with Gasteiger partial charge in [-0.25, -0.2) is 13.1 Å². The van der Waals surface area contributed by atoms with E-state index < -0.39 is 10.0 Å². The number of aryl methyl sites for hydroxylation is 1. The lowest BCUT2D eigenvalue weighted by molar-refractivity contribution is 0.577. The van der Waals surface area contributed by atoms with Crippen molar-refractivity contribution in [2.45, 2.75) is 57.4 Å². The number of hydrogen-bond donors (Lipinski definition) is 1. The monoisotopic (exact) mass is 297 g/mol. The topological polar surface area (TPSA) is 64.0 Å². The predicted octanol–water partition coefficient (Wildman–Crippen LogP) is 2.38. The van der Waals surface area contributed by atoms with Gasteiger partial charge in [0, 0.05) is 13.1 Å². The number of nitrogens with one attached hydrogen (secondary N) is 1. The van der Waals surface area contributed by atoms with Gasteiger partial charge in [0.2, 0.25) is 10.0 Å². The van der Waals surface area contributed by atoms with Gasteiger partial charge in [-0.05, 0) is 46.0 Å². The molecule has 2 rings (SSSR count). The van der Waals surface area contributed by atoms with Gasteiger partial charge in [-0.2, -0.15) is 5.10 Å². The number of allylic oxidation sites excluding steroid dienone is 1. The molecule has 0 aliphatic heterocycles. The van der Waals surface area contributed by atoms with Gasteiger partial charge in [0.25, 0.3) is 0 Å². The van der Waals surface area contributed by atoms with Gasteiger partial charge in [0.15, 0.2) is 0 Å². The van der Waals surface area contributed by atoms with Gasteiger partial charge < -0.3 is 0 Å². The third kappa shape index (κ3) is 3.49. The first-order valence-electron chi connectivity index (χ1n) is 7.24. The summed E-state index contributed by atoms with van der Waals surface area (Å²) in [5.74, 6) is 0. The largest absolute Gasteiger partial charge is 0.269 e. The van der Waals surface area contributed by atoms with E-state index in [1.807, 2.05) is 6.92 Å². The van der Waals surface area contributed by atoms with Crippen LogP contribution in [0.15, 0.2) is 22.7 Å². The molecular weight excluding hydrogens is 274 g/mol. The summed E-state index contributed by atoms with van der Waals surface area (Å²) < 4.78 is 28.9. The van der Waals surface area contributed by atoms with Crippen LogP contribution in [0.25, 0.3) is 0 Å². The van der Waals surface area contributed by atoms with Crippen LogP contribution in [0.2, 0.25) is 0 Å². The normalized spacial score (nSPS) is 16.2. The number of rotatable bonds is 6.